The van der Waals surface area contributed by atoms with Gasteiger partial charge in [-0.3, -0.25) is 15.0 Å². The average Bonchev–Trinajstić information content (AvgIpc) is 3.19. The molecular formula is C36H42N6O2. The molecule has 1 heterocycles. The first-order chi connectivity index (χ1) is 21.4. The standard InChI is InChI=1S/C36H42N6O2/c1-25-14-15-29-22-30(17-16-28(29)21-25)34(43)40-23-31-18-20-42(35(44)33(41-31)13-8-19-39-36(37)38)24-32(26-9-4-2-5-10-26)27-11-6-3-7-12-27/h2-7,9-12,14-17,21-22,31-33,41H,8,13,18-20,23-24H2,1H3,(H,40,43)(H4,37,38,39)/t31-,33-/m0/s1. The van der Waals surface area contributed by atoms with Crippen LogP contribution in [-0.4, -0.2) is 60.9 Å². The summed E-state index contributed by atoms with van der Waals surface area (Å²) in [6, 6.07) is 32.1. The molecule has 1 fully saturated rings. The topological polar surface area (TPSA) is 123 Å². The van der Waals surface area contributed by atoms with Gasteiger partial charge in [0.2, 0.25) is 5.91 Å². The van der Waals surface area contributed by atoms with Gasteiger partial charge < -0.3 is 26.6 Å². The smallest absolute Gasteiger partial charge is 0.251 e. The second-order valence-corrected chi connectivity index (χ2v) is 11.6. The molecule has 0 saturated carbocycles. The summed E-state index contributed by atoms with van der Waals surface area (Å²) in [6.07, 6.45) is 1.97. The zero-order chi connectivity index (χ0) is 30.9. The number of nitrogens with one attached hydrogen (secondary N) is 4. The Kier molecular flexibility index (Phi) is 10.2. The maximum absolute atomic E-state index is 14.0. The van der Waals surface area contributed by atoms with E-state index < -0.39 is 6.04 Å². The quantitative estimate of drug-likeness (QED) is 0.0998. The number of hydrogen-bond donors (Lipinski definition) is 5. The van der Waals surface area contributed by atoms with Crippen LogP contribution in [0.5, 0.6) is 0 Å². The predicted octanol–water partition coefficient (Wildman–Crippen LogP) is 4.53. The van der Waals surface area contributed by atoms with Gasteiger partial charge in [-0.2, -0.15) is 0 Å². The average molecular weight is 591 g/mol. The molecule has 0 unspecified atom stereocenters. The van der Waals surface area contributed by atoms with E-state index in [4.69, 9.17) is 11.1 Å². The van der Waals surface area contributed by atoms with Gasteiger partial charge in [-0.15, -0.1) is 0 Å². The number of nitrogens with zero attached hydrogens (tertiary/aromatic N) is 1. The number of amides is 2. The number of nitrogens with two attached hydrogens (primary N) is 1. The van der Waals surface area contributed by atoms with Crippen LogP contribution in [0.1, 0.15) is 52.2 Å². The van der Waals surface area contributed by atoms with Gasteiger partial charge in [0.1, 0.15) is 0 Å². The van der Waals surface area contributed by atoms with Crippen molar-refractivity contribution in [3.05, 3.63) is 119 Å². The fraction of sp³-hybridized carbons (Fsp3) is 0.306. The van der Waals surface area contributed by atoms with Crippen molar-refractivity contribution in [3.8, 4) is 0 Å². The number of carbonyl (C=O) groups is 2. The van der Waals surface area contributed by atoms with E-state index in [9.17, 15) is 9.59 Å². The van der Waals surface area contributed by atoms with Crippen LogP contribution in [0.15, 0.2) is 97.1 Å². The van der Waals surface area contributed by atoms with Crippen LogP contribution in [0.3, 0.4) is 0 Å². The van der Waals surface area contributed by atoms with E-state index >= 15 is 0 Å². The molecule has 44 heavy (non-hydrogen) atoms. The van der Waals surface area contributed by atoms with Gasteiger partial charge in [-0.25, -0.2) is 0 Å². The summed E-state index contributed by atoms with van der Waals surface area (Å²) in [4.78, 5) is 29.2. The number of hydrogen-bond acceptors (Lipinski definition) is 4. The van der Waals surface area contributed by atoms with Crippen molar-refractivity contribution >= 4 is 28.5 Å². The molecule has 1 saturated heterocycles. The normalized spacial score (nSPS) is 17.0. The van der Waals surface area contributed by atoms with Crippen molar-refractivity contribution in [2.45, 2.75) is 44.2 Å². The van der Waals surface area contributed by atoms with Gasteiger partial charge in [0.05, 0.1) is 6.04 Å². The van der Waals surface area contributed by atoms with Crippen LogP contribution < -0.4 is 21.7 Å². The number of aryl methyl sites for hydroxylation is 1. The Morgan fingerprint density at radius 2 is 1.61 bits per heavy atom. The Balaban J connectivity index is 1.30. The Hall–Kier alpha value is -4.69. The lowest BCUT2D eigenvalue weighted by atomic mass is 9.90. The molecule has 0 spiro atoms. The van der Waals surface area contributed by atoms with E-state index in [1.54, 1.807) is 0 Å². The molecule has 228 valence electrons. The maximum atomic E-state index is 14.0. The molecule has 6 N–H and O–H groups in total. The minimum absolute atomic E-state index is 0.0364. The summed E-state index contributed by atoms with van der Waals surface area (Å²) in [6.45, 7) is 4.13. The summed E-state index contributed by atoms with van der Waals surface area (Å²) < 4.78 is 0. The van der Waals surface area contributed by atoms with Gasteiger partial charge >= 0.3 is 0 Å². The second kappa shape index (κ2) is 14.7. The van der Waals surface area contributed by atoms with Crippen LogP contribution in [0.4, 0.5) is 0 Å². The molecule has 8 heteroatoms. The molecule has 2 amide bonds. The highest BCUT2D eigenvalue weighted by molar-refractivity contribution is 5.98. The summed E-state index contributed by atoms with van der Waals surface area (Å²) in [5.74, 6) is -0.112. The third-order valence-electron chi connectivity index (χ3n) is 8.35. The number of rotatable bonds is 11. The first-order valence-corrected chi connectivity index (χ1v) is 15.4. The lowest BCUT2D eigenvalue weighted by Crippen LogP contribution is -2.49. The van der Waals surface area contributed by atoms with Crippen LogP contribution >= 0.6 is 0 Å². The predicted molar refractivity (Wildman–Crippen MR) is 177 cm³/mol. The monoisotopic (exact) mass is 590 g/mol. The van der Waals surface area contributed by atoms with Crippen molar-refractivity contribution in [1.29, 1.82) is 5.41 Å². The SMILES string of the molecule is Cc1ccc2cc(C(=O)NC[C@@H]3CCN(CC(c4ccccc4)c4ccccc4)C(=O)[C@H](CCCNC(=N)N)N3)ccc2c1. The van der Waals surface area contributed by atoms with E-state index in [2.05, 4.69) is 59.3 Å². The van der Waals surface area contributed by atoms with Crippen LogP contribution in [0.2, 0.25) is 0 Å². The zero-order valence-corrected chi connectivity index (χ0v) is 25.3. The molecule has 1 aliphatic heterocycles. The molecule has 4 aromatic carbocycles. The molecule has 8 nitrogen and oxygen atoms in total. The molecule has 0 radical (unpaired) electrons. The Morgan fingerprint density at radius 3 is 2.30 bits per heavy atom. The minimum atomic E-state index is -0.413. The summed E-state index contributed by atoms with van der Waals surface area (Å²) >= 11 is 0. The minimum Gasteiger partial charge on any atom is -0.370 e. The highest BCUT2D eigenvalue weighted by Gasteiger charge is 2.32. The highest BCUT2D eigenvalue weighted by Crippen LogP contribution is 2.27. The Morgan fingerprint density at radius 1 is 0.955 bits per heavy atom. The van der Waals surface area contributed by atoms with E-state index in [0.717, 1.165) is 10.8 Å². The van der Waals surface area contributed by atoms with Crippen molar-refractivity contribution in [3.63, 3.8) is 0 Å². The van der Waals surface area contributed by atoms with Crippen molar-refractivity contribution in [2.75, 3.05) is 26.2 Å². The number of guanidine groups is 1. The lowest BCUT2D eigenvalue weighted by molar-refractivity contribution is -0.133. The van der Waals surface area contributed by atoms with Gasteiger partial charge in [0.15, 0.2) is 5.96 Å². The summed E-state index contributed by atoms with van der Waals surface area (Å²) in [5, 5.41) is 19.1. The van der Waals surface area contributed by atoms with Crippen LogP contribution in [-0.2, 0) is 4.79 Å². The number of carbonyl (C=O) groups excluding carboxylic acids is 2. The second-order valence-electron chi connectivity index (χ2n) is 11.6. The summed E-state index contributed by atoms with van der Waals surface area (Å²) in [5.41, 5.74) is 9.60. The highest BCUT2D eigenvalue weighted by atomic mass is 16.2. The molecule has 0 aromatic heterocycles. The molecule has 4 aromatic rings. The van der Waals surface area contributed by atoms with E-state index in [-0.39, 0.29) is 29.7 Å². The fourth-order valence-electron chi connectivity index (χ4n) is 5.98. The number of benzene rings is 4. The largest absolute Gasteiger partial charge is 0.370 e. The van der Waals surface area contributed by atoms with Gasteiger partial charge in [0, 0.05) is 43.7 Å². The Bertz CT molecular complexity index is 1540. The van der Waals surface area contributed by atoms with E-state index in [1.165, 1.54) is 16.7 Å². The lowest BCUT2D eigenvalue weighted by Gasteiger charge is -2.29. The van der Waals surface area contributed by atoms with Crippen LogP contribution in [0, 0.1) is 12.3 Å². The molecule has 1 aliphatic rings. The first-order valence-electron chi connectivity index (χ1n) is 15.4. The molecule has 5 rings (SSSR count). The van der Waals surface area contributed by atoms with Gasteiger partial charge in [-0.1, -0.05) is 90.5 Å². The first kappa shape index (κ1) is 30.8. The molecule has 0 aliphatic carbocycles. The maximum Gasteiger partial charge on any atom is 0.251 e. The third-order valence-corrected chi connectivity index (χ3v) is 8.35. The van der Waals surface area contributed by atoms with Gasteiger partial charge in [0.25, 0.3) is 5.91 Å². The zero-order valence-electron chi connectivity index (χ0n) is 25.3. The molecule has 2 atom stereocenters. The van der Waals surface area contributed by atoms with Crippen LogP contribution in [0.25, 0.3) is 10.8 Å². The number of fused-ring (bicyclic) bond motifs is 1. The van der Waals surface area contributed by atoms with Crippen molar-refractivity contribution < 1.29 is 9.59 Å². The molecule has 0 bridgehead atoms. The summed E-state index contributed by atoms with van der Waals surface area (Å²) in [7, 11) is 0. The van der Waals surface area contributed by atoms with Crippen molar-refractivity contribution in [1.82, 2.24) is 20.9 Å². The van der Waals surface area contributed by atoms with Crippen molar-refractivity contribution in [2.24, 2.45) is 5.73 Å². The van der Waals surface area contributed by atoms with E-state index in [1.807, 2.05) is 65.6 Å². The Labute approximate surface area is 259 Å². The molecular weight excluding hydrogens is 548 g/mol. The van der Waals surface area contributed by atoms with Gasteiger partial charge in [-0.05, 0) is 60.2 Å². The van der Waals surface area contributed by atoms with E-state index in [0.29, 0.717) is 51.0 Å². The fourth-order valence-corrected chi connectivity index (χ4v) is 5.98. The third kappa shape index (κ3) is 8.02.